The third kappa shape index (κ3) is 7.41. The van der Waals surface area contributed by atoms with Gasteiger partial charge >= 0.3 is 0 Å². The Morgan fingerprint density at radius 1 is 1.29 bits per heavy atom. The number of methoxy groups -OCH3 is 2. The van der Waals surface area contributed by atoms with Crippen LogP contribution in [0.25, 0.3) is 0 Å². The topological polar surface area (TPSA) is 80.7 Å². The number of ether oxygens (including phenoxy) is 4. The normalized spacial score (nSPS) is 16.4. The molecule has 2 aromatic rings. The second-order valence-electron chi connectivity index (χ2n) is 8.18. The fourth-order valence-electron chi connectivity index (χ4n) is 4.08. The quantitative estimate of drug-likeness (QED) is 0.434. The lowest BCUT2D eigenvalue weighted by Crippen LogP contribution is -2.48. The van der Waals surface area contributed by atoms with Crippen molar-refractivity contribution in [1.29, 1.82) is 0 Å². The maximum absolute atomic E-state index is 13.5. The van der Waals surface area contributed by atoms with E-state index in [1.807, 2.05) is 41.0 Å². The van der Waals surface area contributed by atoms with Gasteiger partial charge in [-0.2, -0.15) is 0 Å². The van der Waals surface area contributed by atoms with Crippen LogP contribution in [0.2, 0.25) is 0 Å². The van der Waals surface area contributed by atoms with Crippen LogP contribution in [-0.2, 0) is 20.7 Å². The highest BCUT2D eigenvalue weighted by molar-refractivity contribution is 7.10. The number of aliphatic hydroxyl groups is 1. The van der Waals surface area contributed by atoms with E-state index in [-0.39, 0.29) is 25.1 Å². The first kappa shape index (κ1) is 26.4. The Hall–Kier alpha value is -2.17. The SMILES string of the molecule is CCOC[C@H](O)CN(CCOC)CC(=O)N1CCc2sccc2[C@@H]1COc1cccc(OC)c1. The summed E-state index contributed by atoms with van der Waals surface area (Å²) in [4.78, 5) is 18.6. The molecule has 0 radical (unpaired) electrons. The predicted octanol–water partition coefficient (Wildman–Crippen LogP) is 2.61. The lowest BCUT2D eigenvalue weighted by atomic mass is 10.0. The summed E-state index contributed by atoms with van der Waals surface area (Å²) in [6, 6.07) is 9.40. The molecule has 0 aliphatic carbocycles. The Labute approximate surface area is 206 Å². The Morgan fingerprint density at radius 2 is 2.12 bits per heavy atom. The van der Waals surface area contributed by atoms with Crippen LogP contribution in [0.5, 0.6) is 11.5 Å². The van der Waals surface area contributed by atoms with Gasteiger partial charge in [-0.05, 0) is 42.5 Å². The first-order chi connectivity index (χ1) is 16.5. The average molecular weight is 493 g/mol. The molecule has 0 saturated carbocycles. The van der Waals surface area contributed by atoms with Crippen molar-refractivity contribution < 1.29 is 28.8 Å². The number of nitrogens with zero attached hydrogens (tertiary/aromatic N) is 2. The Bertz CT molecular complexity index is 892. The largest absolute Gasteiger partial charge is 0.497 e. The van der Waals surface area contributed by atoms with Gasteiger partial charge in [0.15, 0.2) is 0 Å². The van der Waals surface area contributed by atoms with Crippen molar-refractivity contribution in [3.05, 3.63) is 46.2 Å². The minimum Gasteiger partial charge on any atom is -0.497 e. The molecule has 2 heterocycles. The van der Waals surface area contributed by atoms with Gasteiger partial charge in [0.1, 0.15) is 18.1 Å². The van der Waals surface area contributed by atoms with Gasteiger partial charge in [0.2, 0.25) is 5.91 Å². The summed E-state index contributed by atoms with van der Waals surface area (Å²) in [5.74, 6) is 1.44. The van der Waals surface area contributed by atoms with Crippen LogP contribution < -0.4 is 9.47 Å². The van der Waals surface area contributed by atoms with E-state index in [2.05, 4.69) is 11.4 Å². The fourth-order valence-corrected chi connectivity index (χ4v) is 5.01. The first-order valence-electron chi connectivity index (χ1n) is 11.6. The Morgan fingerprint density at radius 3 is 2.88 bits per heavy atom. The van der Waals surface area contributed by atoms with Crippen LogP contribution in [-0.4, -0.2) is 93.7 Å². The number of hydrogen-bond acceptors (Lipinski definition) is 8. The van der Waals surface area contributed by atoms with Gasteiger partial charge in [0, 0.05) is 44.3 Å². The van der Waals surface area contributed by atoms with E-state index < -0.39 is 6.10 Å². The van der Waals surface area contributed by atoms with E-state index >= 15 is 0 Å². The molecule has 1 aliphatic rings. The minimum absolute atomic E-state index is 0.0100. The van der Waals surface area contributed by atoms with Crippen LogP contribution >= 0.6 is 11.3 Å². The maximum atomic E-state index is 13.5. The first-order valence-corrected chi connectivity index (χ1v) is 12.5. The number of rotatable bonds is 14. The zero-order chi connectivity index (χ0) is 24.3. The van der Waals surface area contributed by atoms with E-state index in [1.165, 1.54) is 4.88 Å². The average Bonchev–Trinajstić information content (AvgIpc) is 3.33. The molecule has 2 atom stereocenters. The van der Waals surface area contributed by atoms with Gasteiger partial charge in [-0.15, -0.1) is 11.3 Å². The molecule has 0 bridgehead atoms. The molecule has 188 valence electrons. The number of carbonyl (C=O) groups excluding carboxylic acids is 1. The molecule has 0 fully saturated rings. The van der Waals surface area contributed by atoms with Gasteiger partial charge in [-0.3, -0.25) is 9.69 Å². The number of amides is 1. The van der Waals surface area contributed by atoms with E-state index in [1.54, 1.807) is 25.6 Å². The van der Waals surface area contributed by atoms with Crippen LogP contribution in [0.15, 0.2) is 35.7 Å². The second kappa shape index (κ2) is 13.7. The summed E-state index contributed by atoms with van der Waals surface area (Å²) in [5.41, 5.74) is 1.15. The van der Waals surface area contributed by atoms with Crippen LogP contribution in [0.1, 0.15) is 23.4 Å². The summed E-state index contributed by atoms with van der Waals surface area (Å²) < 4.78 is 22.0. The van der Waals surface area contributed by atoms with Crippen molar-refractivity contribution in [3.8, 4) is 11.5 Å². The van der Waals surface area contributed by atoms with Gasteiger partial charge in [0.25, 0.3) is 0 Å². The summed E-state index contributed by atoms with van der Waals surface area (Å²) in [6.45, 7) is 5.24. The van der Waals surface area contributed by atoms with Crippen LogP contribution in [0.3, 0.4) is 0 Å². The molecular weight excluding hydrogens is 456 g/mol. The van der Waals surface area contributed by atoms with E-state index in [0.717, 1.165) is 17.7 Å². The van der Waals surface area contributed by atoms with Gasteiger partial charge in [-0.25, -0.2) is 0 Å². The van der Waals surface area contributed by atoms with Crippen molar-refractivity contribution in [3.63, 3.8) is 0 Å². The minimum atomic E-state index is -0.665. The van der Waals surface area contributed by atoms with Crippen molar-refractivity contribution in [2.24, 2.45) is 0 Å². The molecule has 0 saturated heterocycles. The molecular formula is C25H36N2O6S. The van der Waals surface area contributed by atoms with Crippen molar-refractivity contribution in [1.82, 2.24) is 9.80 Å². The summed E-state index contributed by atoms with van der Waals surface area (Å²) in [7, 11) is 3.25. The smallest absolute Gasteiger partial charge is 0.237 e. The van der Waals surface area contributed by atoms with E-state index in [9.17, 15) is 9.90 Å². The number of aliphatic hydroxyl groups excluding tert-OH is 1. The lowest BCUT2D eigenvalue weighted by molar-refractivity contribution is -0.136. The number of hydrogen-bond donors (Lipinski definition) is 1. The van der Waals surface area contributed by atoms with Crippen molar-refractivity contribution >= 4 is 17.2 Å². The van der Waals surface area contributed by atoms with Crippen LogP contribution in [0, 0.1) is 0 Å². The summed E-state index contributed by atoms with van der Waals surface area (Å²) >= 11 is 1.72. The molecule has 9 heteroatoms. The number of fused-ring (bicyclic) bond motifs is 1. The molecule has 8 nitrogen and oxygen atoms in total. The van der Waals surface area contributed by atoms with Crippen LogP contribution in [0.4, 0.5) is 0 Å². The zero-order valence-corrected chi connectivity index (χ0v) is 21.1. The van der Waals surface area contributed by atoms with Crippen molar-refractivity contribution in [2.45, 2.75) is 25.5 Å². The fraction of sp³-hybridized carbons (Fsp3) is 0.560. The molecule has 0 spiro atoms. The lowest BCUT2D eigenvalue weighted by Gasteiger charge is -2.37. The highest BCUT2D eigenvalue weighted by atomic mass is 32.1. The zero-order valence-electron chi connectivity index (χ0n) is 20.3. The van der Waals surface area contributed by atoms with E-state index in [4.69, 9.17) is 18.9 Å². The van der Waals surface area contributed by atoms with Gasteiger partial charge in [0.05, 0.1) is 39.0 Å². The second-order valence-corrected chi connectivity index (χ2v) is 9.18. The summed E-state index contributed by atoms with van der Waals surface area (Å²) in [6.07, 6.45) is 0.168. The highest BCUT2D eigenvalue weighted by Crippen LogP contribution is 2.34. The van der Waals surface area contributed by atoms with Gasteiger partial charge in [-0.1, -0.05) is 6.07 Å². The number of thiophene rings is 1. The molecule has 0 unspecified atom stereocenters. The molecule has 3 rings (SSSR count). The van der Waals surface area contributed by atoms with Crippen molar-refractivity contribution in [2.75, 3.05) is 66.8 Å². The predicted molar refractivity (Wildman–Crippen MR) is 132 cm³/mol. The Balaban J connectivity index is 1.70. The Kier molecular flexibility index (Phi) is 10.6. The maximum Gasteiger partial charge on any atom is 0.237 e. The number of carbonyl (C=O) groups is 1. The monoisotopic (exact) mass is 492 g/mol. The number of benzene rings is 1. The molecule has 34 heavy (non-hydrogen) atoms. The van der Waals surface area contributed by atoms with Gasteiger partial charge < -0.3 is 29.0 Å². The molecule has 1 aliphatic heterocycles. The third-order valence-electron chi connectivity index (χ3n) is 5.82. The molecule has 1 amide bonds. The summed E-state index contributed by atoms with van der Waals surface area (Å²) in [5, 5.41) is 12.4. The molecule has 1 N–H and O–H groups in total. The molecule has 1 aromatic heterocycles. The molecule has 1 aromatic carbocycles. The van der Waals surface area contributed by atoms with E-state index in [0.29, 0.717) is 45.2 Å². The third-order valence-corrected chi connectivity index (χ3v) is 6.81. The highest BCUT2D eigenvalue weighted by Gasteiger charge is 2.33. The standard InChI is InChI=1S/C25H36N2O6S/c1-4-32-17-19(28)15-26(11-12-30-2)16-25(29)27-10-8-24-22(9-13-34-24)23(27)18-33-21-7-5-6-20(14-21)31-3/h5-7,9,13-14,19,23,28H,4,8,10-12,15-18H2,1-3H3/t19-,23+/m1/s1.